The number of pyridine rings is 1. The van der Waals surface area contributed by atoms with Crippen molar-refractivity contribution < 1.29 is 9.90 Å². The Morgan fingerprint density at radius 2 is 1.90 bits per heavy atom. The third-order valence-corrected chi connectivity index (χ3v) is 5.02. The predicted octanol–water partition coefficient (Wildman–Crippen LogP) is 4.58. The second-order valence-electron chi connectivity index (χ2n) is 5.41. The van der Waals surface area contributed by atoms with E-state index in [-0.39, 0.29) is 5.92 Å². The Balaban J connectivity index is 2.61. The largest absolute Gasteiger partial charge is 0.481 e. The fraction of sp³-hybridized carbons (Fsp3) is 0.250. The maximum absolute atomic E-state index is 11.7. The lowest BCUT2D eigenvalue weighted by atomic mass is 9.71. The summed E-state index contributed by atoms with van der Waals surface area (Å²) >= 11 is 8.21. The zero-order chi connectivity index (χ0) is 15.6. The van der Waals surface area contributed by atoms with Gasteiger partial charge >= 0.3 is 5.97 Å². The molecule has 0 saturated carbocycles. The summed E-state index contributed by atoms with van der Waals surface area (Å²) in [4.78, 5) is 16.0. The number of carboxylic acids is 1. The summed E-state index contributed by atoms with van der Waals surface area (Å²) in [6, 6.07) is 11.4. The Morgan fingerprint density at radius 3 is 2.43 bits per heavy atom. The molecule has 0 amide bonds. The fourth-order valence-electron chi connectivity index (χ4n) is 2.39. The van der Waals surface area contributed by atoms with Gasteiger partial charge in [0.2, 0.25) is 0 Å². The van der Waals surface area contributed by atoms with Crippen LogP contribution in [0.4, 0.5) is 0 Å². The molecule has 0 fully saturated rings. The number of benzene rings is 1. The van der Waals surface area contributed by atoms with E-state index in [4.69, 9.17) is 11.6 Å². The van der Waals surface area contributed by atoms with Crippen LogP contribution in [0.1, 0.15) is 30.9 Å². The van der Waals surface area contributed by atoms with E-state index in [0.717, 1.165) is 11.1 Å². The molecule has 1 N–H and O–H groups in total. The number of nitrogens with zero attached hydrogens (tertiary/aromatic N) is 1. The molecule has 110 valence electrons. The number of hydrogen-bond acceptors (Lipinski definition) is 2. The van der Waals surface area contributed by atoms with Crippen LogP contribution < -0.4 is 0 Å². The van der Waals surface area contributed by atoms with Crippen LogP contribution >= 0.6 is 34.2 Å². The first-order chi connectivity index (χ1) is 9.84. The Bertz CT molecular complexity index is 659. The molecule has 0 bridgehead atoms. The minimum atomic E-state index is -0.973. The van der Waals surface area contributed by atoms with Gasteiger partial charge in [0.25, 0.3) is 0 Å². The van der Waals surface area contributed by atoms with Gasteiger partial charge < -0.3 is 5.11 Å². The monoisotopic (exact) mass is 415 g/mol. The van der Waals surface area contributed by atoms with Crippen LogP contribution in [0.15, 0.2) is 42.6 Å². The Labute approximate surface area is 142 Å². The molecule has 0 spiro atoms. The van der Waals surface area contributed by atoms with E-state index in [1.807, 2.05) is 30.3 Å². The van der Waals surface area contributed by atoms with Gasteiger partial charge in [-0.15, -0.1) is 0 Å². The van der Waals surface area contributed by atoms with Gasteiger partial charge in [0, 0.05) is 12.1 Å². The summed E-state index contributed by atoms with van der Waals surface area (Å²) in [5, 5.41) is 10.1. The maximum atomic E-state index is 11.7. The van der Waals surface area contributed by atoms with E-state index in [9.17, 15) is 9.90 Å². The topological polar surface area (TPSA) is 50.2 Å². The Hall–Kier alpha value is -1.14. The number of aliphatic carboxylic acids is 1. The third-order valence-electron chi connectivity index (χ3n) is 3.56. The molecule has 1 aromatic heterocycles. The van der Waals surface area contributed by atoms with Crippen LogP contribution in [0, 0.1) is 9.12 Å². The smallest absolute Gasteiger partial charge is 0.310 e. The molecular formula is C16H15ClINO2. The van der Waals surface area contributed by atoms with E-state index >= 15 is 0 Å². The predicted molar refractivity (Wildman–Crippen MR) is 91.7 cm³/mol. The second kappa shape index (κ2) is 6.32. The Kier molecular flexibility index (Phi) is 4.88. The molecule has 5 heteroatoms. The molecule has 0 aliphatic rings. The molecule has 1 unspecified atom stereocenters. The molecular weight excluding hydrogens is 401 g/mol. The van der Waals surface area contributed by atoms with Crippen molar-refractivity contribution in [2.45, 2.75) is 19.8 Å². The van der Waals surface area contributed by atoms with Crippen LogP contribution in [0.25, 0.3) is 0 Å². The Morgan fingerprint density at radius 1 is 1.29 bits per heavy atom. The van der Waals surface area contributed by atoms with Crippen molar-refractivity contribution in [1.82, 2.24) is 4.98 Å². The standard InChI is InChI=1S/C16H15ClINO2/c1-16(2,15(20)21)13(10-6-4-3-5-7-10)11-8-12(17)14(18)19-9-11/h3-9,13H,1-2H3,(H,20,21). The van der Waals surface area contributed by atoms with Gasteiger partial charge in [-0.1, -0.05) is 41.9 Å². The SMILES string of the molecule is CC(C)(C(=O)O)C(c1ccccc1)c1cnc(I)c(Cl)c1. The molecule has 1 atom stereocenters. The van der Waals surface area contributed by atoms with Crippen molar-refractivity contribution >= 4 is 40.2 Å². The summed E-state index contributed by atoms with van der Waals surface area (Å²) in [5.41, 5.74) is 0.766. The van der Waals surface area contributed by atoms with Crippen molar-refractivity contribution in [1.29, 1.82) is 0 Å². The first kappa shape index (κ1) is 16.2. The van der Waals surface area contributed by atoms with Gasteiger partial charge in [0.05, 0.1) is 10.4 Å². The van der Waals surface area contributed by atoms with Gasteiger partial charge in [-0.3, -0.25) is 4.79 Å². The van der Waals surface area contributed by atoms with Crippen LogP contribution in [0.3, 0.4) is 0 Å². The number of carbonyl (C=O) groups is 1. The van der Waals surface area contributed by atoms with Crippen molar-refractivity contribution in [3.63, 3.8) is 0 Å². The van der Waals surface area contributed by atoms with Crippen molar-refractivity contribution in [2.24, 2.45) is 5.41 Å². The lowest BCUT2D eigenvalue weighted by molar-refractivity contribution is -0.147. The summed E-state index contributed by atoms with van der Waals surface area (Å²) in [5.74, 6) is -1.18. The lowest BCUT2D eigenvalue weighted by Gasteiger charge is -2.31. The summed E-state index contributed by atoms with van der Waals surface area (Å²) < 4.78 is 0.706. The lowest BCUT2D eigenvalue weighted by Crippen LogP contribution is -2.32. The molecule has 0 aliphatic heterocycles. The van der Waals surface area contributed by atoms with Crippen LogP contribution in [0.2, 0.25) is 5.02 Å². The minimum Gasteiger partial charge on any atom is -0.481 e. The van der Waals surface area contributed by atoms with E-state index in [1.165, 1.54) is 0 Å². The third kappa shape index (κ3) is 3.37. The molecule has 1 aromatic carbocycles. The number of carboxylic acid groups (broad SMARTS) is 1. The zero-order valence-corrected chi connectivity index (χ0v) is 14.6. The highest BCUT2D eigenvalue weighted by Crippen LogP contribution is 2.41. The van der Waals surface area contributed by atoms with Crippen molar-refractivity contribution in [3.05, 3.63) is 62.4 Å². The summed E-state index contributed by atoms with van der Waals surface area (Å²) in [7, 11) is 0. The van der Waals surface area contributed by atoms with Gasteiger partial charge in [-0.25, -0.2) is 4.98 Å². The zero-order valence-electron chi connectivity index (χ0n) is 11.7. The highest BCUT2D eigenvalue weighted by atomic mass is 127. The molecule has 0 saturated heterocycles. The average molecular weight is 416 g/mol. The normalized spacial score (nSPS) is 13.0. The first-order valence-corrected chi connectivity index (χ1v) is 7.89. The van der Waals surface area contributed by atoms with Crippen molar-refractivity contribution in [3.8, 4) is 0 Å². The van der Waals surface area contributed by atoms with E-state index < -0.39 is 11.4 Å². The molecule has 2 rings (SSSR count). The second-order valence-corrected chi connectivity index (χ2v) is 6.84. The summed E-state index contributed by atoms with van der Waals surface area (Å²) in [6.45, 7) is 3.44. The summed E-state index contributed by atoms with van der Waals surface area (Å²) in [6.07, 6.45) is 1.70. The highest BCUT2D eigenvalue weighted by molar-refractivity contribution is 14.1. The molecule has 0 radical (unpaired) electrons. The molecule has 3 nitrogen and oxygen atoms in total. The average Bonchev–Trinajstić information content (AvgIpc) is 2.44. The van der Waals surface area contributed by atoms with Gasteiger partial charge in [0.15, 0.2) is 0 Å². The van der Waals surface area contributed by atoms with E-state index in [1.54, 1.807) is 26.1 Å². The fourth-order valence-corrected chi connectivity index (χ4v) is 2.86. The molecule has 2 aromatic rings. The van der Waals surface area contributed by atoms with Gasteiger partial charge in [0.1, 0.15) is 3.70 Å². The van der Waals surface area contributed by atoms with E-state index in [0.29, 0.717) is 8.72 Å². The van der Waals surface area contributed by atoms with Crippen molar-refractivity contribution in [2.75, 3.05) is 0 Å². The van der Waals surface area contributed by atoms with Gasteiger partial charge in [-0.2, -0.15) is 0 Å². The number of hydrogen-bond donors (Lipinski definition) is 1. The molecule has 21 heavy (non-hydrogen) atoms. The number of aromatic nitrogens is 1. The quantitative estimate of drug-likeness (QED) is 0.587. The maximum Gasteiger partial charge on any atom is 0.310 e. The van der Waals surface area contributed by atoms with Crippen LogP contribution in [-0.4, -0.2) is 16.1 Å². The molecule has 0 aliphatic carbocycles. The minimum absolute atomic E-state index is 0.321. The highest BCUT2D eigenvalue weighted by Gasteiger charge is 2.39. The van der Waals surface area contributed by atoms with Crippen LogP contribution in [-0.2, 0) is 4.79 Å². The number of rotatable bonds is 4. The first-order valence-electron chi connectivity index (χ1n) is 6.43. The number of halogens is 2. The van der Waals surface area contributed by atoms with Gasteiger partial charge in [-0.05, 0) is 53.6 Å². The van der Waals surface area contributed by atoms with E-state index in [2.05, 4.69) is 27.6 Å². The molecule has 1 heterocycles. The van der Waals surface area contributed by atoms with Crippen LogP contribution in [0.5, 0.6) is 0 Å².